The second-order valence-corrected chi connectivity index (χ2v) is 8.99. The number of hydrogen-bond donors (Lipinski definition) is 2. The summed E-state index contributed by atoms with van der Waals surface area (Å²) in [6.45, 7) is 4.07. The van der Waals surface area contributed by atoms with Gasteiger partial charge in [0.05, 0.1) is 37.6 Å². The number of carbonyl (C=O) groups excluding carboxylic acids is 1. The van der Waals surface area contributed by atoms with Crippen LogP contribution in [0.25, 0.3) is 17.0 Å². The van der Waals surface area contributed by atoms with E-state index in [1.54, 1.807) is 35.3 Å². The molecule has 0 unspecified atom stereocenters. The van der Waals surface area contributed by atoms with E-state index in [4.69, 9.17) is 9.26 Å². The van der Waals surface area contributed by atoms with Crippen LogP contribution in [0.1, 0.15) is 40.1 Å². The van der Waals surface area contributed by atoms with Crippen molar-refractivity contribution in [1.29, 1.82) is 0 Å². The molecule has 0 aliphatic carbocycles. The van der Waals surface area contributed by atoms with Gasteiger partial charge in [0.2, 0.25) is 18.1 Å². The Morgan fingerprint density at radius 2 is 2.08 bits per heavy atom. The second kappa shape index (κ2) is 10.9. The molecule has 0 radical (unpaired) electrons. The van der Waals surface area contributed by atoms with Gasteiger partial charge >= 0.3 is 0 Å². The first-order valence-electron chi connectivity index (χ1n) is 11.9. The number of nitrogens with zero attached hydrogens (tertiary/aromatic N) is 5. The average Bonchev–Trinajstić information content (AvgIpc) is 3.66. The van der Waals surface area contributed by atoms with Gasteiger partial charge < -0.3 is 19.6 Å². The summed E-state index contributed by atoms with van der Waals surface area (Å²) in [4.78, 5) is 28.7. The van der Waals surface area contributed by atoms with Crippen molar-refractivity contribution in [3.63, 3.8) is 0 Å². The molecule has 0 saturated heterocycles. The number of fused-ring (bicyclic) bond motifs is 1. The smallest absolute Gasteiger partial charge is 0.274 e. The van der Waals surface area contributed by atoms with Gasteiger partial charge in [-0.25, -0.2) is 18.7 Å². The highest BCUT2D eigenvalue weighted by Gasteiger charge is 2.20. The molecule has 0 aliphatic heterocycles. The minimum Gasteiger partial charge on any atom is -0.371 e. The van der Waals surface area contributed by atoms with Gasteiger partial charge in [-0.05, 0) is 36.2 Å². The van der Waals surface area contributed by atoms with Gasteiger partial charge in [-0.3, -0.25) is 9.20 Å². The number of aryl methyl sites for hydroxylation is 1. The minimum atomic E-state index is -2.47. The molecule has 38 heavy (non-hydrogen) atoms. The van der Waals surface area contributed by atoms with Crippen LogP contribution < -0.4 is 5.32 Å². The topological polar surface area (TPSA) is 123 Å². The molecular weight excluding hydrogens is 496 g/mol. The standard InChI is InChI=1S/C26H25F2N7O3/c1-15-3-4-18(25-33-23(38-34-25)7-16(2)24(27)28)9-20(15)32-26(36)21-11-30-22-8-17(5-6-35(21)22)12-37-13-19-10-29-14-31-19/h3-6,8-11,14,16,24H,7,12-13H2,1-2H3,(H,29,31)(H,32,36)/t16-/m0/s1. The molecule has 1 aromatic carbocycles. The van der Waals surface area contributed by atoms with E-state index in [1.165, 1.54) is 13.1 Å². The van der Waals surface area contributed by atoms with Crippen LogP contribution in [-0.2, 0) is 24.4 Å². The lowest BCUT2D eigenvalue weighted by Crippen LogP contribution is -2.15. The van der Waals surface area contributed by atoms with Gasteiger partial charge in [0.25, 0.3) is 5.91 Å². The zero-order valence-corrected chi connectivity index (χ0v) is 20.7. The first-order chi connectivity index (χ1) is 18.4. The average molecular weight is 522 g/mol. The van der Waals surface area contributed by atoms with Crippen molar-refractivity contribution in [3.05, 3.63) is 83.7 Å². The molecule has 0 fully saturated rings. The predicted octanol–water partition coefficient (Wildman–Crippen LogP) is 4.83. The summed E-state index contributed by atoms with van der Waals surface area (Å²) in [6.07, 6.45) is 4.09. The van der Waals surface area contributed by atoms with Crippen LogP contribution in [0, 0.1) is 12.8 Å². The molecule has 196 valence electrons. The number of anilines is 1. The summed E-state index contributed by atoms with van der Waals surface area (Å²) in [5, 5.41) is 6.82. The summed E-state index contributed by atoms with van der Waals surface area (Å²) in [5.41, 5.74) is 4.73. The summed E-state index contributed by atoms with van der Waals surface area (Å²) in [6, 6.07) is 9.04. The summed E-state index contributed by atoms with van der Waals surface area (Å²) in [7, 11) is 0. The molecule has 4 heterocycles. The van der Waals surface area contributed by atoms with E-state index in [9.17, 15) is 13.6 Å². The number of pyridine rings is 1. The maximum Gasteiger partial charge on any atom is 0.274 e. The highest BCUT2D eigenvalue weighted by atomic mass is 19.3. The molecule has 10 nitrogen and oxygen atoms in total. The molecule has 1 amide bonds. The van der Waals surface area contributed by atoms with Crippen molar-refractivity contribution in [2.75, 3.05) is 5.32 Å². The summed E-state index contributed by atoms with van der Waals surface area (Å²) < 4.78 is 38.2. The SMILES string of the molecule is Cc1ccc(-c2noc(C[C@H](C)C(F)F)n2)cc1NC(=O)c1cnc2cc(COCc3cnc[nH]3)ccn12. The first-order valence-corrected chi connectivity index (χ1v) is 11.9. The zero-order valence-electron chi connectivity index (χ0n) is 20.7. The molecule has 0 spiro atoms. The lowest BCUT2D eigenvalue weighted by molar-refractivity contribution is 0.0820. The molecule has 0 aliphatic rings. The van der Waals surface area contributed by atoms with E-state index in [1.807, 2.05) is 25.1 Å². The third-order valence-corrected chi connectivity index (χ3v) is 6.03. The minimum absolute atomic E-state index is 0.0213. The number of H-pyrrole nitrogens is 1. The summed E-state index contributed by atoms with van der Waals surface area (Å²) >= 11 is 0. The van der Waals surface area contributed by atoms with Crippen molar-refractivity contribution in [1.82, 2.24) is 29.5 Å². The highest BCUT2D eigenvalue weighted by Crippen LogP contribution is 2.25. The maximum atomic E-state index is 13.1. The number of alkyl halides is 2. The third-order valence-electron chi connectivity index (χ3n) is 6.03. The molecule has 5 rings (SSSR count). The second-order valence-electron chi connectivity index (χ2n) is 8.99. The Morgan fingerprint density at radius 1 is 1.21 bits per heavy atom. The molecular formula is C26H25F2N7O3. The third kappa shape index (κ3) is 5.59. The fourth-order valence-corrected chi connectivity index (χ4v) is 3.82. The molecule has 0 bridgehead atoms. The number of amides is 1. The van der Waals surface area contributed by atoms with Crippen molar-refractivity contribution >= 4 is 17.2 Å². The fraction of sp³-hybridized carbons (Fsp3) is 0.269. The van der Waals surface area contributed by atoms with Crippen LogP contribution in [-0.4, -0.2) is 41.8 Å². The number of halogens is 2. The highest BCUT2D eigenvalue weighted by molar-refractivity contribution is 6.04. The van der Waals surface area contributed by atoms with Gasteiger partial charge in [0.15, 0.2) is 0 Å². The largest absolute Gasteiger partial charge is 0.371 e. The Morgan fingerprint density at radius 3 is 2.87 bits per heavy atom. The van der Waals surface area contributed by atoms with Crippen molar-refractivity contribution < 1.29 is 22.8 Å². The predicted molar refractivity (Wildman–Crippen MR) is 134 cm³/mol. The van der Waals surface area contributed by atoms with Crippen LogP contribution in [0.5, 0.6) is 0 Å². The Balaban J connectivity index is 1.28. The van der Waals surface area contributed by atoms with E-state index in [-0.39, 0.29) is 24.0 Å². The number of hydrogen-bond acceptors (Lipinski definition) is 7. The number of benzene rings is 1. The van der Waals surface area contributed by atoms with Crippen LogP contribution in [0.2, 0.25) is 0 Å². The van der Waals surface area contributed by atoms with E-state index in [0.717, 1.165) is 16.8 Å². The molecule has 0 saturated carbocycles. The number of aromatic amines is 1. The van der Waals surface area contributed by atoms with E-state index < -0.39 is 12.3 Å². The monoisotopic (exact) mass is 521 g/mol. The van der Waals surface area contributed by atoms with E-state index >= 15 is 0 Å². The van der Waals surface area contributed by atoms with Gasteiger partial charge in [0, 0.05) is 29.8 Å². The lowest BCUT2D eigenvalue weighted by atomic mass is 10.1. The number of rotatable bonds is 10. The van der Waals surface area contributed by atoms with Crippen LogP contribution in [0.3, 0.4) is 0 Å². The number of ether oxygens (including phenoxy) is 1. The number of nitrogens with one attached hydrogen (secondary N) is 2. The van der Waals surface area contributed by atoms with Crippen LogP contribution in [0.15, 0.2) is 59.8 Å². The molecule has 1 atom stereocenters. The Hall–Kier alpha value is -4.45. The number of imidazole rings is 2. The molecule has 4 aromatic heterocycles. The molecule has 12 heteroatoms. The Kier molecular flexibility index (Phi) is 7.22. The van der Waals surface area contributed by atoms with Gasteiger partial charge in [-0.15, -0.1) is 0 Å². The lowest BCUT2D eigenvalue weighted by Gasteiger charge is -2.10. The molecule has 5 aromatic rings. The van der Waals surface area contributed by atoms with Crippen LogP contribution in [0.4, 0.5) is 14.5 Å². The normalized spacial score (nSPS) is 12.3. The first kappa shape index (κ1) is 25.2. The van der Waals surface area contributed by atoms with Gasteiger partial charge in [-0.1, -0.05) is 24.2 Å². The van der Waals surface area contributed by atoms with Gasteiger partial charge in [-0.2, -0.15) is 4.98 Å². The number of aromatic nitrogens is 6. The Labute approximate surface area is 216 Å². The van der Waals surface area contributed by atoms with Crippen molar-refractivity contribution in [3.8, 4) is 11.4 Å². The number of carbonyl (C=O) groups is 1. The Bertz CT molecular complexity index is 1550. The summed E-state index contributed by atoms with van der Waals surface area (Å²) in [5.74, 6) is -0.849. The van der Waals surface area contributed by atoms with Crippen molar-refractivity contribution in [2.45, 2.75) is 39.9 Å². The van der Waals surface area contributed by atoms with E-state index in [2.05, 4.69) is 30.4 Å². The quantitative estimate of drug-likeness (QED) is 0.270. The fourth-order valence-electron chi connectivity index (χ4n) is 3.82. The van der Waals surface area contributed by atoms with Crippen molar-refractivity contribution in [2.24, 2.45) is 5.92 Å². The van der Waals surface area contributed by atoms with E-state index in [0.29, 0.717) is 35.8 Å². The van der Waals surface area contributed by atoms with Gasteiger partial charge in [0.1, 0.15) is 11.3 Å². The zero-order chi connectivity index (χ0) is 26.6. The maximum absolute atomic E-state index is 13.1. The molecule has 2 N–H and O–H groups in total. The van der Waals surface area contributed by atoms with Crippen LogP contribution >= 0.6 is 0 Å².